The van der Waals surface area contributed by atoms with Crippen LogP contribution in [-0.2, 0) is 17.6 Å². The van der Waals surface area contributed by atoms with Gasteiger partial charge in [-0.05, 0) is 65.8 Å². The average Bonchev–Trinajstić information content (AvgIpc) is 3.21. The van der Waals surface area contributed by atoms with E-state index in [1.165, 1.54) is 36.1 Å². The lowest BCUT2D eigenvalue weighted by atomic mass is 9.87. The number of fused-ring (bicyclic) bond motifs is 1. The molecule has 0 aromatic heterocycles. The van der Waals surface area contributed by atoms with Crippen LogP contribution in [0.3, 0.4) is 0 Å². The molecule has 4 nitrogen and oxygen atoms in total. The van der Waals surface area contributed by atoms with Gasteiger partial charge < -0.3 is 9.64 Å². The Morgan fingerprint density at radius 2 is 1.67 bits per heavy atom. The Morgan fingerprint density at radius 3 is 2.30 bits per heavy atom. The van der Waals surface area contributed by atoms with Gasteiger partial charge in [0, 0.05) is 38.0 Å². The van der Waals surface area contributed by atoms with Crippen LogP contribution in [0.5, 0.6) is 0 Å². The molecule has 2 aromatic rings. The highest BCUT2D eigenvalue weighted by molar-refractivity contribution is 5.58. The van der Waals surface area contributed by atoms with Gasteiger partial charge >= 0.3 is 0 Å². The first kappa shape index (κ1) is 21.1. The number of nitrogens with zero attached hydrogens (tertiary/aromatic N) is 3. The maximum Gasteiger partial charge on any atom is 0.265 e. The number of allylic oxidation sites excluding steroid dienone is 3. The van der Waals surface area contributed by atoms with Gasteiger partial charge in [-0.25, -0.2) is 10.1 Å². The van der Waals surface area contributed by atoms with Crippen molar-refractivity contribution in [3.8, 4) is 6.07 Å². The number of hydrogen-bond donors (Lipinski definition) is 0. The van der Waals surface area contributed by atoms with Crippen molar-refractivity contribution >= 4 is 11.8 Å². The van der Waals surface area contributed by atoms with Crippen LogP contribution in [-0.4, -0.2) is 18.7 Å². The molecule has 0 N–H and O–H groups in total. The summed E-state index contributed by atoms with van der Waals surface area (Å²) in [5.41, 5.74) is 5.46. The highest BCUT2D eigenvalue weighted by Crippen LogP contribution is 2.43. The smallest absolute Gasteiger partial charge is 0.265 e. The molecular formula is C29H27N3O. The molecule has 3 aliphatic rings. The molecule has 33 heavy (non-hydrogen) atoms. The fourth-order valence-electron chi connectivity index (χ4n) is 5.27. The van der Waals surface area contributed by atoms with Crippen LogP contribution in [0.2, 0.25) is 0 Å². The molecule has 164 valence electrons. The minimum Gasteiger partial charge on any atom is -0.486 e. The molecule has 0 saturated carbocycles. The summed E-state index contributed by atoms with van der Waals surface area (Å²) in [4.78, 5) is 5.93. The van der Waals surface area contributed by atoms with Crippen LogP contribution in [0, 0.1) is 17.9 Å². The van der Waals surface area contributed by atoms with Crippen LogP contribution >= 0.6 is 0 Å². The van der Waals surface area contributed by atoms with Crippen LogP contribution in [0.1, 0.15) is 42.4 Å². The molecular weight excluding hydrogens is 406 g/mol. The van der Waals surface area contributed by atoms with Gasteiger partial charge in [-0.1, -0.05) is 42.5 Å². The van der Waals surface area contributed by atoms with Crippen molar-refractivity contribution in [3.05, 3.63) is 106 Å². The predicted octanol–water partition coefficient (Wildman–Crippen LogP) is 6.23. The minimum absolute atomic E-state index is 0.158. The van der Waals surface area contributed by atoms with E-state index in [2.05, 4.69) is 70.4 Å². The van der Waals surface area contributed by atoms with Crippen molar-refractivity contribution in [3.63, 3.8) is 0 Å². The van der Waals surface area contributed by atoms with E-state index < -0.39 is 5.60 Å². The first-order chi connectivity index (χ1) is 16.2. The van der Waals surface area contributed by atoms with Crippen molar-refractivity contribution in [2.75, 3.05) is 18.0 Å². The molecule has 1 fully saturated rings. The number of nitriles is 1. The number of rotatable bonds is 3. The van der Waals surface area contributed by atoms with E-state index in [1.54, 1.807) is 0 Å². The fourth-order valence-corrected chi connectivity index (χ4v) is 5.27. The molecule has 0 unspecified atom stereocenters. The molecule has 2 aliphatic heterocycles. The summed E-state index contributed by atoms with van der Waals surface area (Å²) in [7, 11) is 0. The maximum absolute atomic E-state index is 9.50. The second-order valence-electron chi connectivity index (χ2n) is 9.20. The zero-order valence-corrected chi connectivity index (χ0v) is 18.8. The van der Waals surface area contributed by atoms with Crippen LogP contribution in [0.15, 0.2) is 77.7 Å². The van der Waals surface area contributed by atoms with Crippen molar-refractivity contribution in [1.82, 2.24) is 0 Å². The van der Waals surface area contributed by atoms with E-state index in [4.69, 9.17) is 11.3 Å². The third-order valence-corrected chi connectivity index (χ3v) is 6.88. The molecule has 1 spiro atoms. The van der Waals surface area contributed by atoms with Crippen molar-refractivity contribution in [2.24, 2.45) is 0 Å². The second-order valence-corrected chi connectivity index (χ2v) is 9.20. The summed E-state index contributed by atoms with van der Waals surface area (Å²) < 4.78 is 6.55. The summed E-state index contributed by atoms with van der Waals surface area (Å²) in [6, 6.07) is 19.1. The molecule has 0 amide bonds. The zero-order chi connectivity index (χ0) is 22.7. The fraction of sp³-hybridized carbons (Fsp3) is 0.310. The molecule has 0 atom stereocenters. The molecule has 1 aliphatic carbocycles. The maximum atomic E-state index is 9.50. The van der Waals surface area contributed by atoms with E-state index in [0.29, 0.717) is 12.2 Å². The first-order valence-electron chi connectivity index (χ1n) is 11.7. The standard InChI is InChI=1S/C29H27N3O/c1-31-28(21-30)25-17-27(33-29(20-25)18-23-7-3-4-8-24(23)19-29)14-11-22-9-12-26(13-10-22)32-15-5-2-6-16-32/h3-4,7-14,17H,2,5-6,15-16,18-20H2. The molecule has 2 heterocycles. The quantitative estimate of drug-likeness (QED) is 0.426. The van der Waals surface area contributed by atoms with Gasteiger partial charge in [0.1, 0.15) is 11.4 Å². The topological polar surface area (TPSA) is 40.6 Å². The molecule has 0 bridgehead atoms. The van der Waals surface area contributed by atoms with Crippen LogP contribution in [0.4, 0.5) is 5.69 Å². The van der Waals surface area contributed by atoms with E-state index >= 15 is 0 Å². The largest absolute Gasteiger partial charge is 0.486 e. The van der Waals surface area contributed by atoms with E-state index in [9.17, 15) is 5.26 Å². The summed E-state index contributed by atoms with van der Waals surface area (Å²) in [6.07, 6.45) is 11.9. The van der Waals surface area contributed by atoms with Crippen LogP contribution in [0.25, 0.3) is 10.9 Å². The molecule has 5 rings (SSSR count). The minimum atomic E-state index is -0.432. The Labute approximate surface area is 195 Å². The third-order valence-electron chi connectivity index (χ3n) is 6.88. The predicted molar refractivity (Wildman–Crippen MR) is 131 cm³/mol. The summed E-state index contributed by atoms with van der Waals surface area (Å²) in [5, 5.41) is 9.50. The molecule has 4 heteroatoms. The highest BCUT2D eigenvalue weighted by Gasteiger charge is 2.42. The lowest BCUT2D eigenvalue weighted by Gasteiger charge is -2.35. The third kappa shape index (κ3) is 4.43. The van der Waals surface area contributed by atoms with Gasteiger partial charge in [0.25, 0.3) is 5.70 Å². The normalized spacial score (nSPS) is 20.5. The van der Waals surface area contributed by atoms with Gasteiger partial charge in [0.15, 0.2) is 0 Å². The number of benzene rings is 2. The van der Waals surface area contributed by atoms with E-state index in [-0.39, 0.29) is 5.70 Å². The number of anilines is 1. The van der Waals surface area contributed by atoms with Crippen molar-refractivity contribution in [2.45, 2.75) is 44.1 Å². The molecule has 2 aromatic carbocycles. The Hall–Kier alpha value is -3.76. The van der Waals surface area contributed by atoms with Crippen molar-refractivity contribution < 1.29 is 4.74 Å². The number of ether oxygens (including phenoxy) is 1. The summed E-state index contributed by atoms with van der Waals surface area (Å²) in [5.74, 6) is 0.709. The van der Waals surface area contributed by atoms with Gasteiger partial charge in [0.2, 0.25) is 0 Å². The lowest BCUT2D eigenvalue weighted by molar-refractivity contribution is 0.0108. The zero-order valence-electron chi connectivity index (χ0n) is 18.8. The highest BCUT2D eigenvalue weighted by atomic mass is 16.5. The Morgan fingerprint density at radius 1 is 0.970 bits per heavy atom. The van der Waals surface area contributed by atoms with E-state index in [1.807, 2.05) is 12.2 Å². The Balaban J connectivity index is 1.39. The van der Waals surface area contributed by atoms with Gasteiger partial charge in [-0.15, -0.1) is 0 Å². The Bertz CT molecular complexity index is 1170. The monoisotopic (exact) mass is 433 g/mol. The van der Waals surface area contributed by atoms with Crippen molar-refractivity contribution in [1.29, 1.82) is 5.26 Å². The van der Waals surface area contributed by atoms with Crippen LogP contribution < -0.4 is 4.90 Å². The average molecular weight is 434 g/mol. The number of hydrogen-bond acceptors (Lipinski definition) is 3. The van der Waals surface area contributed by atoms with E-state index in [0.717, 1.165) is 37.1 Å². The molecule has 0 radical (unpaired) electrons. The molecule has 1 saturated heterocycles. The number of piperidine rings is 1. The first-order valence-corrected chi connectivity index (χ1v) is 11.7. The van der Waals surface area contributed by atoms with Gasteiger partial charge in [-0.2, -0.15) is 0 Å². The Kier molecular flexibility index (Phi) is 5.76. The van der Waals surface area contributed by atoms with Gasteiger partial charge in [0.05, 0.1) is 12.6 Å². The lowest BCUT2D eigenvalue weighted by Crippen LogP contribution is -2.36. The second kappa shape index (κ2) is 9.00. The SMILES string of the molecule is [C-]#[N+]C(C#N)=C1C=C(C=Cc2ccc(N3CCCCC3)cc2)OC2(C1)Cc1ccccc1C2. The van der Waals surface area contributed by atoms with Gasteiger partial charge in [-0.3, -0.25) is 0 Å². The summed E-state index contributed by atoms with van der Waals surface area (Å²) in [6.45, 7) is 9.72. The summed E-state index contributed by atoms with van der Waals surface area (Å²) >= 11 is 0.